The number of halogens is 2. The summed E-state index contributed by atoms with van der Waals surface area (Å²) in [5.74, 6) is 0.692. The molecule has 3 rings (SSSR count). The number of carbonyl (C=O) groups is 1. The van der Waals surface area contributed by atoms with Crippen LogP contribution in [-0.2, 0) is 9.53 Å². The summed E-state index contributed by atoms with van der Waals surface area (Å²) in [5.41, 5.74) is 0. The number of ether oxygens (including phenoxy) is 1. The van der Waals surface area contributed by atoms with Crippen LogP contribution in [0.25, 0.3) is 0 Å². The molecule has 98 valence electrons. The molecule has 6 heteroatoms. The second kappa shape index (κ2) is 4.45. The van der Waals surface area contributed by atoms with Crippen LogP contribution in [0, 0.1) is 11.8 Å². The first-order chi connectivity index (χ1) is 7.98. The van der Waals surface area contributed by atoms with Crippen molar-refractivity contribution in [3.63, 3.8) is 0 Å². The van der Waals surface area contributed by atoms with Gasteiger partial charge in [0.1, 0.15) is 0 Å². The molecule has 1 aliphatic heterocycles. The molecule has 3 aliphatic rings. The molecule has 2 saturated carbocycles. The molecule has 0 aromatic heterocycles. The predicted molar refractivity (Wildman–Crippen MR) is 66.1 cm³/mol. The monoisotopic (exact) mass is 464 g/mol. The van der Waals surface area contributed by atoms with Crippen LogP contribution >= 0.6 is 22.6 Å². The summed E-state index contributed by atoms with van der Waals surface area (Å²) < 4.78 is 8.94. The second-order valence-electron chi connectivity index (χ2n) is 5.39. The zero-order valence-corrected chi connectivity index (χ0v) is 13.8. The van der Waals surface area contributed by atoms with Gasteiger partial charge >= 0.3 is 126 Å². The molecule has 0 aromatic rings. The number of hydrogen-bond acceptors (Lipinski definition) is 4. The molecule has 2 aliphatic carbocycles. The van der Waals surface area contributed by atoms with Crippen molar-refractivity contribution < 1.29 is 36.1 Å². The van der Waals surface area contributed by atoms with Crippen LogP contribution in [0.4, 0.5) is 0 Å². The molecule has 0 spiro atoms. The van der Waals surface area contributed by atoms with Crippen LogP contribution < -0.4 is 25.0 Å². The number of aliphatic hydroxyl groups excluding tert-OH is 1. The SMILES string of the molecule is CC(I)(C(=O)OC1CC2CC1CC2O)C1N[I-]1. The van der Waals surface area contributed by atoms with Gasteiger partial charge in [0.05, 0.1) is 0 Å². The number of esters is 1. The second-order valence-corrected chi connectivity index (χ2v) is 10.1. The van der Waals surface area contributed by atoms with E-state index in [0.717, 1.165) is 19.3 Å². The van der Waals surface area contributed by atoms with Gasteiger partial charge in [-0.15, -0.1) is 0 Å². The maximum atomic E-state index is 12.1. The Labute approximate surface area is 125 Å². The van der Waals surface area contributed by atoms with E-state index in [1.807, 2.05) is 6.92 Å². The number of alkyl halides is 2. The van der Waals surface area contributed by atoms with Crippen molar-refractivity contribution in [1.82, 2.24) is 3.53 Å². The van der Waals surface area contributed by atoms with E-state index in [4.69, 9.17) is 4.74 Å². The fraction of sp³-hybridized carbons (Fsp3) is 0.909. The van der Waals surface area contributed by atoms with Gasteiger partial charge < -0.3 is 0 Å². The predicted octanol–water partition coefficient (Wildman–Crippen LogP) is -2.18. The molecule has 3 fully saturated rings. The van der Waals surface area contributed by atoms with Gasteiger partial charge in [-0.1, -0.05) is 0 Å². The summed E-state index contributed by atoms with van der Waals surface area (Å²) in [5, 5.41) is 9.68. The molecule has 2 bridgehead atoms. The molecule has 4 nitrogen and oxygen atoms in total. The quantitative estimate of drug-likeness (QED) is 0.125. The number of rotatable bonds is 3. The molecular formula is C11H16I2NO3-. The first kappa shape index (κ1) is 12.9. The first-order valence-electron chi connectivity index (χ1n) is 5.94. The number of nitrogens with one attached hydrogen (secondary N) is 1. The normalized spacial score (nSPS) is 47.1. The average molecular weight is 464 g/mol. The van der Waals surface area contributed by atoms with Gasteiger partial charge in [-0.25, -0.2) is 0 Å². The van der Waals surface area contributed by atoms with E-state index in [-0.39, 0.29) is 39.7 Å². The van der Waals surface area contributed by atoms with E-state index >= 15 is 0 Å². The van der Waals surface area contributed by atoms with E-state index in [1.54, 1.807) is 0 Å². The van der Waals surface area contributed by atoms with Gasteiger partial charge in [-0.3, -0.25) is 0 Å². The van der Waals surface area contributed by atoms with Gasteiger partial charge in [0.15, 0.2) is 0 Å². The fourth-order valence-electron chi connectivity index (χ4n) is 2.93. The third-order valence-corrected chi connectivity index (χ3v) is 8.85. The third kappa shape index (κ3) is 2.34. The van der Waals surface area contributed by atoms with Crippen LogP contribution in [-0.4, -0.2) is 30.8 Å². The van der Waals surface area contributed by atoms with Crippen LogP contribution in [0.5, 0.6) is 0 Å². The molecule has 6 unspecified atom stereocenters. The topological polar surface area (TPSA) is 68.5 Å². The van der Waals surface area contributed by atoms with Crippen LogP contribution in [0.2, 0.25) is 0 Å². The van der Waals surface area contributed by atoms with Crippen LogP contribution in [0.15, 0.2) is 0 Å². The van der Waals surface area contributed by atoms with Crippen molar-refractivity contribution in [1.29, 1.82) is 0 Å². The average Bonchev–Trinajstić information content (AvgIpc) is 2.97. The molecule has 2 N–H and O–H groups in total. The maximum absolute atomic E-state index is 12.1. The Morgan fingerprint density at radius 2 is 2.18 bits per heavy atom. The zero-order valence-electron chi connectivity index (χ0n) is 9.53. The number of fused-ring (bicyclic) bond motifs is 2. The Morgan fingerprint density at radius 3 is 2.65 bits per heavy atom. The Bertz CT molecular complexity index is 344. The van der Waals surface area contributed by atoms with Gasteiger partial charge in [0, 0.05) is 0 Å². The van der Waals surface area contributed by atoms with Crippen molar-refractivity contribution in [3.8, 4) is 0 Å². The molecular weight excluding hydrogens is 448 g/mol. The van der Waals surface area contributed by atoms with Crippen molar-refractivity contribution in [3.05, 3.63) is 0 Å². The fourth-order valence-corrected chi connectivity index (χ4v) is 6.24. The Hall–Kier alpha value is 0.850. The molecule has 0 aromatic carbocycles. The molecule has 1 heterocycles. The number of aliphatic hydroxyl groups is 1. The van der Waals surface area contributed by atoms with Gasteiger partial charge in [-0.2, -0.15) is 0 Å². The molecule has 6 atom stereocenters. The van der Waals surface area contributed by atoms with Gasteiger partial charge in [0.25, 0.3) is 0 Å². The van der Waals surface area contributed by atoms with Gasteiger partial charge in [-0.05, 0) is 0 Å². The van der Waals surface area contributed by atoms with Crippen molar-refractivity contribution in [2.75, 3.05) is 0 Å². The van der Waals surface area contributed by atoms with E-state index in [0.29, 0.717) is 15.9 Å². The Kier molecular flexibility index (Phi) is 3.37. The van der Waals surface area contributed by atoms with Crippen molar-refractivity contribution in [2.24, 2.45) is 11.8 Å². The Balaban J connectivity index is 1.59. The summed E-state index contributed by atoms with van der Waals surface area (Å²) in [6, 6.07) is 0. The number of carbonyl (C=O) groups excluding carboxylic acids is 1. The Morgan fingerprint density at radius 1 is 1.47 bits per heavy atom. The zero-order chi connectivity index (χ0) is 12.2. The standard InChI is InChI=1S/C11H16I2NO3/c1-11(12,9-13-14-9)10(16)17-8-4-5-2-6(8)3-7(5)15/h5-9,14-15H,2-4H2,1H3/q-1. The summed E-state index contributed by atoms with van der Waals surface area (Å²) in [4.78, 5) is 12.1. The van der Waals surface area contributed by atoms with Crippen LogP contribution in [0.1, 0.15) is 26.2 Å². The van der Waals surface area contributed by atoms with E-state index in [1.165, 1.54) is 0 Å². The van der Waals surface area contributed by atoms with E-state index in [2.05, 4.69) is 26.1 Å². The van der Waals surface area contributed by atoms with E-state index in [9.17, 15) is 9.90 Å². The van der Waals surface area contributed by atoms with E-state index < -0.39 is 3.42 Å². The summed E-state index contributed by atoms with van der Waals surface area (Å²) >= 11 is 2.24. The minimum atomic E-state index is -0.397. The van der Waals surface area contributed by atoms with Crippen LogP contribution in [0.3, 0.4) is 0 Å². The molecule has 0 radical (unpaired) electrons. The summed E-state index contributed by atoms with van der Waals surface area (Å²) in [6.45, 7) is 1.96. The summed E-state index contributed by atoms with van der Waals surface area (Å²) in [7, 11) is 0. The van der Waals surface area contributed by atoms with Crippen molar-refractivity contribution in [2.45, 2.75) is 45.9 Å². The minimum absolute atomic E-state index is 0.0195. The molecule has 0 amide bonds. The first-order valence-corrected chi connectivity index (χ1v) is 9.34. The van der Waals surface area contributed by atoms with Crippen molar-refractivity contribution >= 4 is 28.6 Å². The molecule has 1 saturated heterocycles. The van der Waals surface area contributed by atoms with Gasteiger partial charge in [0.2, 0.25) is 0 Å². The third-order valence-electron chi connectivity index (χ3n) is 4.11. The number of hydrogen-bond donors (Lipinski definition) is 2. The molecule has 17 heavy (non-hydrogen) atoms. The summed E-state index contributed by atoms with van der Waals surface area (Å²) in [6.07, 6.45) is 2.61.